The van der Waals surface area contributed by atoms with Crippen molar-refractivity contribution in [3.8, 4) is 21.7 Å². The number of benzene rings is 1. The number of hydrogen-bond donors (Lipinski definition) is 1. The SMILES string of the molecule is Cc1ccc(C)c(-c2nn(C)c(N)c2-c2cccs2)c1. The molecule has 2 N–H and O–H groups in total. The average Bonchev–Trinajstić information content (AvgIpc) is 3.02. The molecule has 3 nitrogen and oxygen atoms in total. The van der Waals surface area contributed by atoms with Crippen LogP contribution >= 0.6 is 11.3 Å². The highest BCUT2D eigenvalue weighted by atomic mass is 32.1. The van der Waals surface area contributed by atoms with E-state index in [0.717, 1.165) is 21.7 Å². The highest BCUT2D eigenvalue weighted by Crippen LogP contribution is 2.39. The van der Waals surface area contributed by atoms with Crippen molar-refractivity contribution in [3.05, 3.63) is 46.8 Å². The highest BCUT2D eigenvalue weighted by Gasteiger charge is 2.19. The summed E-state index contributed by atoms with van der Waals surface area (Å²) in [5.74, 6) is 0.711. The lowest BCUT2D eigenvalue weighted by Gasteiger charge is -2.06. The summed E-state index contributed by atoms with van der Waals surface area (Å²) < 4.78 is 1.76. The minimum atomic E-state index is 0.711. The molecule has 2 aromatic heterocycles. The van der Waals surface area contributed by atoms with E-state index in [1.807, 2.05) is 13.1 Å². The Bertz CT molecular complexity index is 754. The summed E-state index contributed by atoms with van der Waals surface area (Å²) in [4.78, 5) is 1.16. The molecule has 0 radical (unpaired) electrons. The Morgan fingerprint density at radius 3 is 2.70 bits per heavy atom. The number of rotatable bonds is 2. The summed E-state index contributed by atoms with van der Waals surface area (Å²) in [5, 5.41) is 6.70. The molecule has 0 atom stereocenters. The van der Waals surface area contributed by atoms with Gasteiger partial charge < -0.3 is 5.73 Å². The normalized spacial score (nSPS) is 10.9. The topological polar surface area (TPSA) is 43.8 Å². The van der Waals surface area contributed by atoms with Gasteiger partial charge in [0.1, 0.15) is 11.5 Å². The smallest absolute Gasteiger partial charge is 0.130 e. The largest absolute Gasteiger partial charge is 0.383 e. The molecule has 0 saturated heterocycles. The number of nitrogen functional groups attached to an aromatic ring is 1. The van der Waals surface area contributed by atoms with Gasteiger partial charge in [0.15, 0.2) is 0 Å². The third-order valence-corrected chi connectivity index (χ3v) is 4.39. The lowest BCUT2D eigenvalue weighted by molar-refractivity contribution is 0.782. The van der Waals surface area contributed by atoms with Gasteiger partial charge in [-0.05, 0) is 36.9 Å². The van der Waals surface area contributed by atoms with Crippen LogP contribution < -0.4 is 5.73 Å². The van der Waals surface area contributed by atoms with Crippen LogP contribution in [0.15, 0.2) is 35.7 Å². The van der Waals surface area contributed by atoms with Crippen molar-refractivity contribution >= 4 is 17.2 Å². The van der Waals surface area contributed by atoms with Crippen molar-refractivity contribution in [2.24, 2.45) is 7.05 Å². The van der Waals surface area contributed by atoms with E-state index in [1.54, 1.807) is 16.0 Å². The molecule has 3 aromatic rings. The number of nitrogens with two attached hydrogens (primary N) is 1. The second kappa shape index (κ2) is 4.80. The maximum absolute atomic E-state index is 6.23. The van der Waals surface area contributed by atoms with Gasteiger partial charge in [0.05, 0.1) is 5.56 Å². The van der Waals surface area contributed by atoms with E-state index < -0.39 is 0 Å². The van der Waals surface area contributed by atoms with Crippen LogP contribution in [0.5, 0.6) is 0 Å². The Morgan fingerprint density at radius 2 is 2.00 bits per heavy atom. The molecular formula is C16H17N3S. The molecule has 4 heteroatoms. The fraction of sp³-hybridized carbons (Fsp3) is 0.188. The first-order chi connectivity index (χ1) is 9.58. The van der Waals surface area contributed by atoms with Gasteiger partial charge in [-0.3, -0.25) is 4.68 Å². The van der Waals surface area contributed by atoms with Crippen LogP contribution in [0.4, 0.5) is 5.82 Å². The molecular weight excluding hydrogens is 266 g/mol. The Balaban J connectivity index is 2.30. The first kappa shape index (κ1) is 12.9. The maximum atomic E-state index is 6.23. The zero-order valence-corrected chi connectivity index (χ0v) is 12.7. The fourth-order valence-corrected chi connectivity index (χ4v) is 3.16. The van der Waals surface area contributed by atoms with Gasteiger partial charge in [-0.15, -0.1) is 11.3 Å². The number of thiophene rings is 1. The van der Waals surface area contributed by atoms with Crippen molar-refractivity contribution in [1.82, 2.24) is 9.78 Å². The number of aryl methyl sites for hydroxylation is 3. The van der Waals surface area contributed by atoms with Gasteiger partial charge in [0, 0.05) is 17.5 Å². The van der Waals surface area contributed by atoms with Crippen LogP contribution in [0.2, 0.25) is 0 Å². The fourth-order valence-electron chi connectivity index (χ4n) is 2.38. The van der Waals surface area contributed by atoms with Gasteiger partial charge in [0.2, 0.25) is 0 Å². The van der Waals surface area contributed by atoms with Crippen molar-refractivity contribution in [2.45, 2.75) is 13.8 Å². The first-order valence-corrected chi connectivity index (χ1v) is 7.40. The van der Waals surface area contributed by atoms with Crippen LogP contribution in [-0.4, -0.2) is 9.78 Å². The predicted octanol–water partition coefficient (Wildman–Crippen LogP) is 4.01. The zero-order valence-electron chi connectivity index (χ0n) is 11.8. The van der Waals surface area contributed by atoms with Gasteiger partial charge >= 0.3 is 0 Å². The van der Waals surface area contributed by atoms with Gasteiger partial charge in [-0.1, -0.05) is 23.8 Å². The van der Waals surface area contributed by atoms with Crippen molar-refractivity contribution in [3.63, 3.8) is 0 Å². The molecule has 0 fully saturated rings. The molecule has 0 saturated carbocycles. The molecule has 20 heavy (non-hydrogen) atoms. The molecule has 1 aromatic carbocycles. The van der Waals surface area contributed by atoms with E-state index in [0.29, 0.717) is 5.82 Å². The predicted molar refractivity (Wildman–Crippen MR) is 85.8 cm³/mol. The minimum Gasteiger partial charge on any atom is -0.383 e. The van der Waals surface area contributed by atoms with Gasteiger partial charge in [0.25, 0.3) is 0 Å². The van der Waals surface area contributed by atoms with Crippen LogP contribution in [-0.2, 0) is 7.05 Å². The molecule has 0 amide bonds. The van der Waals surface area contributed by atoms with Crippen LogP contribution in [0, 0.1) is 13.8 Å². The summed E-state index contributed by atoms with van der Waals surface area (Å²) in [7, 11) is 1.89. The summed E-state index contributed by atoms with van der Waals surface area (Å²) in [5.41, 5.74) is 11.8. The second-order valence-electron chi connectivity index (χ2n) is 5.03. The van der Waals surface area contributed by atoms with E-state index in [9.17, 15) is 0 Å². The number of aromatic nitrogens is 2. The van der Waals surface area contributed by atoms with E-state index in [-0.39, 0.29) is 0 Å². The Morgan fingerprint density at radius 1 is 1.20 bits per heavy atom. The van der Waals surface area contributed by atoms with Gasteiger partial charge in [-0.2, -0.15) is 5.10 Å². The van der Waals surface area contributed by atoms with Crippen LogP contribution in [0.25, 0.3) is 21.7 Å². The minimum absolute atomic E-state index is 0.711. The molecule has 0 spiro atoms. The number of anilines is 1. The van der Waals surface area contributed by atoms with E-state index in [1.165, 1.54) is 11.1 Å². The Labute approximate surface area is 122 Å². The first-order valence-electron chi connectivity index (χ1n) is 6.52. The van der Waals surface area contributed by atoms with E-state index >= 15 is 0 Å². The molecule has 0 aliphatic carbocycles. The summed E-state index contributed by atoms with van der Waals surface area (Å²) in [6.45, 7) is 4.21. The van der Waals surface area contributed by atoms with E-state index in [2.05, 4.69) is 48.6 Å². The Kier molecular flexibility index (Phi) is 3.10. The second-order valence-corrected chi connectivity index (χ2v) is 5.98. The van der Waals surface area contributed by atoms with Crippen molar-refractivity contribution in [2.75, 3.05) is 5.73 Å². The lowest BCUT2D eigenvalue weighted by atomic mass is 9.99. The zero-order chi connectivity index (χ0) is 14.3. The van der Waals surface area contributed by atoms with E-state index in [4.69, 9.17) is 5.73 Å². The van der Waals surface area contributed by atoms with Crippen LogP contribution in [0.3, 0.4) is 0 Å². The van der Waals surface area contributed by atoms with Gasteiger partial charge in [-0.25, -0.2) is 0 Å². The molecule has 0 bridgehead atoms. The standard InChI is InChI=1S/C16H17N3S/c1-10-6-7-11(2)12(9-10)15-14(13-5-4-8-20-13)16(17)19(3)18-15/h4-9H,17H2,1-3H3. The third kappa shape index (κ3) is 2.02. The van der Waals surface area contributed by atoms with Crippen LogP contribution in [0.1, 0.15) is 11.1 Å². The Hall–Kier alpha value is -2.07. The molecule has 0 unspecified atom stereocenters. The molecule has 102 valence electrons. The van der Waals surface area contributed by atoms with Crippen molar-refractivity contribution < 1.29 is 0 Å². The third-order valence-electron chi connectivity index (χ3n) is 3.51. The molecule has 0 aliphatic rings. The number of nitrogens with zero attached hydrogens (tertiary/aromatic N) is 2. The summed E-state index contributed by atoms with van der Waals surface area (Å²) in [6, 6.07) is 10.6. The molecule has 2 heterocycles. The van der Waals surface area contributed by atoms with Crippen molar-refractivity contribution in [1.29, 1.82) is 0 Å². The maximum Gasteiger partial charge on any atom is 0.130 e. The lowest BCUT2D eigenvalue weighted by Crippen LogP contribution is -1.97. The average molecular weight is 283 g/mol. The number of hydrogen-bond acceptors (Lipinski definition) is 3. The summed E-state index contributed by atoms with van der Waals surface area (Å²) >= 11 is 1.69. The highest BCUT2D eigenvalue weighted by molar-refractivity contribution is 7.13. The quantitative estimate of drug-likeness (QED) is 0.772. The molecule has 0 aliphatic heterocycles. The monoisotopic (exact) mass is 283 g/mol. The summed E-state index contributed by atoms with van der Waals surface area (Å²) in [6.07, 6.45) is 0. The molecule has 3 rings (SSSR count).